The minimum absolute atomic E-state index is 0.0125. The molecule has 1 aliphatic heterocycles. The fourth-order valence-electron chi connectivity index (χ4n) is 2.29. The molecule has 8 heteroatoms. The van der Waals surface area contributed by atoms with E-state index in [0.29, 0.717) is 5.69 Å². The fraction of sp³-hybridized carbons (Fsp3) is 0.125. The van der Waals surface area contributed by atoms with Crippen LogP contribution in [0, 0.1) is 0 Å². The maximum atomic E-state index is 12.0. The molecule has 3 N–H and O–H groups in total. The van der Waals surface area contributed by atoms with Gasteiger partial charge in [0.15, 0.2) is 0 Å². The van der Waals surface area contributed by atoms with Crippen molar-refractivity contribution in [2.75, 3.05) is 11.9 Å². The zero-order valence-corrected chi connectivity index (χ0v) is 12.5. The molecule has 2 aromatic rings. The molecule has 8 nitrogen and oxygen atoms in total. The first-order valence-electron chi connectivity index (χ1n) is 7.21. The minimum atomic E-state index is -0.515. The summed E-state index contributed by atoms with van der Waals surface area (Å²) >= 11 is 0. The summed E-state index contributed by atoms with van der Waals surface area (Å²) in [5, 5.41) is 5.07. The number of pyridine rings is 1. The zero-order valence-electron chi connectivity index (χ0n) is 12.5. The Balaban J connectivity index is 1.68. The molecule has 122 valence electrons. The molecule has 4 amide bonds. The number of amides is 4. The van der Waals surface area contributed by atoms with Crippen LogP contribution in [0.4, 0.5) is 10.5 Å². The molecule has 0 aliphatic carbocycles. The first-order chi connectivity index (χ1) is 11.5. The lowest BCUT2D eigenvalue weighted by atomic mass is 10.2. The molecule has 0 radical (unpaired) electrons. The van der Waals surface area contributed by atoms with Gasteiger partial charge in [0.05, 0.1) is 13.1 Å². The number of aromatic amines is 1. The summed E-state index contributed by atoms with van der Waals surface area (Å²) in [6, 6.07) is 9.26. The third-order valence-electron chi connectivity index (χ3n) is 3.55. The fourth-order valence-corrected chi connectivity index (χ4v) is 2.29. The molecule has 1 saturated heterocycles. The SMILES string of the molecule is O=C(Nc1ccc(CN2C(=O)CNC2=O)cc1)c1ccc[nH]c1=O. The number of aromatic nitrogens is 1. The number of carbonyl (C=O) groups is 3. The number of H-pyrrole nitrogens is 1. The van der Waals surface area contributed by atoms with E-state index in [1.807, 2.05) is 0 Å². The molecule has 0 bridgehead atoms. The van der Waals surface area contributed by atoms with Gasteiger partial charge in [0, 0.05) is 11.9 Å². The Morgan fingerprint density at radius 2 is 1.88 bits per heavy atom. The van der Waals surface area contributed by atoms with Gasteiger partial charge in [-0.1, -0.05) is 12.1 Å². The van der Waals surface area contributed by atoms with Crippen molar-refractivity contribution in [2.24, 2.45) is 0 Å². The second kappa shape index (κ2) is 6.37. The average Bonchev–Trinajstić information content (AvgIpc) is 2.89. The average molecular weight is 326 g/mol. The molecular weight excluding hydrogens is 312 g/mol. The quantitative estimate of drug-likeness (QED) is 0.717. The Morgan fingerprint density at radius 1 is 1.12 bits per heavy atom. The highest BCUT2D eigenvalue weighted by molar-refractivity contribution is 6.04. The van der Waals surface area contributed by atoms with E-state index >= 15 is 0 Å². The molecule has 3 rings (SSSR count). The van der Waals surface area contributed by atoms with Gasteiger partial charge in [0.2, 0.25) is 5.91 Å². The van der Waals surface area contributed by atoms with E-state index in [0.717, 1.165) is 10.5 Å². The van der Waals surface area contributed by atoms with Crippen LogP contribution in [0.5, 0.6) is 0 Å². The number of benzene rings is 1. The normalized spacial score (nSPS) is 13.8. The molecule has 2 heterocycles. The van der Waals surface area contributed by atoms with Crippen LogP contribution in [0.3, 0.4) is 0 Å². The molecule has 0 unspecified atom stereocenters. The summed E-state index contributed by atoms with van der Waals surface area (Å²) in [4.78, 5) is 50.2. The highest BCUT2D eigenvalue weighted by Gasteiger charge is 2.28. The van der Waals surface area contributed by atoms with Crippen molar-refractivity contribution < 1.29 is 14.4 Å². The van der Waals surface area contributed by atoms with Crippen molar-refractivity contribution in [2.45, 2.75) is 6.54 Å². The lowest BCUT2D eigenvalue weighted by Gasteiger charge is -2.12. The number of nitrogens with zero attached hydrogens (tertiary/aromatic N) is 1. The van der Waals surface area contributed by atoms with Crippen LogP contribution in [0.25, 0.3) is 0 Å². The van der Waals surface area contributed by atoms with Crippen molar-refractivity contribution >= 4 is 23.5 Å². The highest BCUT2D eigenvalue weighted by atomic mass is 16.2. The first-order valence-corrected chi connectivity index (χ1v) is 7.21. The van der Waals surface area contributed by atoms with Crippen LogP contribution in [0.15, 0.2) is 47.4 Å². The second-order valence-electron chi connectivity index (χ2n) is 5.20. The van der Waals surface area contributed by atoms with E-state index in [1.165, 1.54) is 12.3 Å². The van der Waals surface area contributed by atoms with Gasteiger partial charge in [-0.3, -0.25) is 19.3 Å². The number of carbonyl (C=O) groups excluding carboxylic acids is 3. The van der Waals surface area contributed by atoms with E-state index < -0.39 is 17.5 Å². The zero-order chi connectivity index (χ0) is 17.1. The smallest absolute Gasteiger partial charge is 0.324 e. The number of nitrogens with one attached hydrogen (secondary N) is 3. The predicted molar refractivity (Wildman–Crippen MR) is 85.4 cm³/mol. The molecule has 0 spiro atoms. The van der Waals surface area contributed by atoms with Crippen LogP contribution >= 0.6 is 0 Å². The Bertz CT molecular complexity index is 841. The van der Waals surface area contributed by atoms with Gasteiger partial charge in [-0.25, -0.2) is 4.79 Å². The Hall–Kier alpha value is -3.42. The topological polar surface area (TPSA) is 111 Å². The van der Waals surface area contributed by atoms with E-state index in [-0.39, 0.29) is 24.6 Å². The first kappa shape index (κ1) is 15.5. The van der Waals surface area contributed by atoms with Crippen molar-refractivity contribution in [1.29, 1.82) is 0 Å². The molecule has 1 aromatic carbocycles. The lowest BCUT2D eigenvalue weighted by molar-refractivity contribution is -0.125. The molecule has 0 atom stereocenters. The third kappa shape index (κ3) is 3.17. The maximum Gasteiger partial charge on any atom is 0.324 e. The number of rotatable bonds is 4. The predicted octanol–water partition coefficient (Wildman–Crippen LogP) is 0.679. The molecule has 1 aliphatic rings. The van der Waals surface area contributed by atoms with Crippen LogP contribution in [-0.4, -0.2) is 34.3 Å². The van der Waals surface area contributed by atoms with Gasteiger partial charge in [0.25, 0.3) is 11.5 Å². The van der Waals surface area contributed by atoms with Gasteiger partial charge >= 0.3 is 6.03 Å². The van der Waals surface area contributed by atoms with Gasteiger partial charge in [-0.05, 0) is 29.8 Å². The van der Waals surface area contributed by atoms with E-state index in [1.54, 1.807) is 30.3 Å². The number of hydrogen-bond acceptors (Lipinski definition) is 4. The Kier molecular flexibility index (Phi) is 4.11. The van der Waals surface area contributed by atoms with Crippen molar-refractivity contribution in [1.82, 2.24) is 15.2 Å². The monoisotopic (exact) mass is 326 g/mol. The van der Waals surface area contributed by atoms with Crippen LogP contribution < -0.4 is 16.2 Å². The standard InChI is InChI=1S/C16H14N4O4/c21-13-8-18-16(24)20(13)9-10-3-5-11(6-4-10)19-15(23)12-2-1-7-17-14(12)22/h1-7H,8-9H2,(H,17,22)(H,18,24)(H,19,23). The summed E-state index contributed by atoms with van der Waals surface area (Å²) in [6.45, 7) is 0.176. The molecule has 1 aromatic heterocycles. The minimum Gasteiger partial charge on any atom is -0.329 e. The third-order valence-corrected chi connectivity index (χ3v) is 3.55. The summed E-state index contributed by atoms with van der Waals surface area (Å²) in [5.41, 5.74) is 0.797. The lowest BCUT2D eigenvalue weighted by Crippen LogP contribution is -2.30. The summed E-state index contributed by atoms with van der Waals surface area (Å²) < 4.78 is 0. The van der Waals surface area contributed by atoms with Crippen LogP contribution in [0.2, 0.25) is 0 Å². The molecule has 1 fully saturated rings. The summed E-state index contributed by atoms with van der Waals surface area (Å²) in [7, 11) is 0. The molecule has 0 saturated carbocycles. The Morgan fingerprint density at radius 3 is 2.50 bits per heavy atom. The second-order valence-corrected chi connectivity index (χ2v) is 5.20. The molecular formula is C16H14N4O4. The van der Waals surface area contributed by atoms with Gasteiger partial charge in [0.1, 0.15) is 5.56 Å². The summed E-state index contributed by atoms with van der Waals surface area (Å²) in [5.74, 6) is -0.792. The van der Waals surface area contributed by atoms with Crippen LogP contribution in [-0.2, 0) is 11.3 Å². The number of imide groups is 1. The highest BCUT2D eigenvalue weighted by Crippen LogP contribution is 2.13. The molecule has 24 heavy (non-hydrogen) atoms. The van der Waals surface area contributed by atoms with Gasteiger partial charge in [-0.2, -0.15) is 0 Å². The van der Waals surface area contributed by atoms with Crippen molar-refractivity contribution in [3.63, 3.8) is 0 Å². The van der Waals surface area contributed by atoms with Crippen molar-refractivity contribution in [3.05, 3.63) is 64.1 Å². The van der Waals surface area contributed by atoms with E-state index in [2.05, 4.69) is 15.6 Å². The Labute approximate surface area is 136 Å². The van der Waals surface area contributed by atoms with Crippen LogP contribution in [0.1, 0.15) is 15.9 Å². The summed E-state index contributed by atoms with van der Waals surface area (Å²) in [6.07, 6.45) is 1.45. The van der Waals surface area contributed by atoms with Crippen molar-refractivity contribution in [3.8, 4) is 0 Å². The van der Waals surface area contributed by atoms with Gasteiger partial charge < -0.3 is 15.6 Å². The van der Waals surface area contributed by atoms with Gasteiger partial charge in [-0.15, -0.1) is 0 Å². The van der Waals surface area contributed by atoms with E-state index in [4.69, 9.17) is 0 Å². The maximum absolute atomic E-state index is 12.0. The number of hydrogen-bond donors (Lipinski definition) is 3. The number of anilines is 1. The van der Waals surface area contributed by atoms with E-state index in [9.17, 15) is 19.2 Å². The number of urea groups is 1. The largest absolute Gasteiger partial charge is 0.329 e.